The molecule has 0 unspecified atom stereocenters. The van der Waals surface area contributed by atoms with Crippen LogP contribution < -0.4 is 5.76 Å². The zero-order valence-corrected chi connectivity index (χ0v) is 9.54. The molecular formula is C10H6BrN3O2. The van der Waals surface area contributed by atoms with Crippen LogP contribution in [0.4, 0.5) is 0 Å². The zero-order chi connectivity index (χ0) is 11.1. The first-order valence-corrected chi connectivity index (χ1v) is 5.35. The second-order valence-electron chi connectivity index (χ2n) is 3.31. The van der Waals surface area contributed by atoms with Crippen LogP contribution >= 0.6 is 15.9 Å². The summed E-state index contributed by atoms with van der Waals surface area (Å²) in [6.07, 6.45) is 1.71. The number of halogens is 1. The number of fused-ring (bicyclic) bond motifs is 1. The van der Waals surface area contributed by atoms with Gasteiger partial charge in [-0.05, 0) is 34.1 Å². The minimum absolute atomic E-state index is 0.446. The predicted octanol–water partition coefficient (Wildman–Crippen LogP) is 2.27. The van der Waals surface area contributed by atoms with Crippen molar-refractivity contribution in [3.8, 4) is 11.3 Å². The maximum Gasteiger partial charge on any atom is 0.417 e. The molecular weight excluding hydrogens is 274 g/mol. The van der Waals surface area contributed by atoms with Crippen molar-refractivity contribution >= 4 is 27.0 Å². The molecule has 2 N–H and O–H groups in total. The van der Waals surface area contributed by atoms with E-state index in [1.165, 1.54) is 0 Å². The summed E-state index contributed by atoms with van der Waals surface area (Å²) >= 11 is 3.24. The van der Waals surface area contributed by atoms with E-state index in [1.54, 1.807) is 12.3 Å². The van der Waals surface area contributed by atoms with Crippen molar-refractivity contribution in [2.24, 2.45) is 0 Å². The highest BCUT2D eigenvalue weighted by atomic mass is 79.9. The van der Waals surface area contributed by atoms with Crippen molar-refractivity contribution in [1.82, 2.24) is 15.0 Å². The fraction of sp³-hybridized carbons (Fsp3) is 0. The van der Waals surface area contributed by atoms with Gasteiger partial charge in [0.15, 0.2) is 10.3 Å². The van der Waals surface area contributed by atoms with Gasteiger partial charge < -0.3 is 9.40 Å². The smallest absolute Gasteiger partial charge is 0.408 e. The van der Waals surface area contributed by atoms with Crippen LogP contribution in [0.15, 0.2) is 38.3 Å². The van der Waals surface area contributed by atoms with Crippen LogP contribution in [0.3, 0.4) is 0 Å². The average Bonchev–Trinajstić information content (AvgIpc) is 2.81. The van der Waals surface area contributed by atoms with Gasteiger partial charge in [-0.1, -0.05) is 0 Å². The van der Waals surface area contributed by atoms with Gasteiger partial charge in [-0.2, -0.15) is 0 Å². The summed E-state index contributed by atoms with van der Waals surface area (Å²) in [5.41, 5.74) is 3.03. The second-order valence-corrected chi connectivity index (χ2v) is 4.06. The molecule has 0 saturated heterocycles. The standard InChI is InChI=1S/C10H6BrN3O2/c11-9-12-4-7(13-9)5-1-2-8-6(3-5)14-10(15)16-8/h1-4H,(H,12,13)(H,14,15). The lowest BCUT2D eigenvalue weighted by molar-refractivity contribution is 0.555. The molecule has 0 spiro atoms. The minimum atomic E-state index is -0.446. The maximum absolute atomic E-state index is 11.0. The molecule has 0 aliphatic carbocycles. The van der Waals surface area contributed by atoms with Crippen LogP contribution in [-0.2, 0) is 0 Å². The Kier molecular flexibility index (Phi) is 1.97. The van der Waals surface area contributed by atoms with Gasteiger partial charge in [0.25, 0.3) is 0 Å². The molecule has 2 aromatic heterocycles. The van der Waals surface area contributed by atoms with Crippen LogP contribution in [0.5, 0.6) is 0 Å². The first-order valence-electron chi connectivity index (χ1n) is 4.56. The summed E-state index contributed by atoms with van der Waals surface area (Å²) in [6.45, 7) is 0. The molecule has 0 aliphatic rings. The molecule has 0 aliphatic heterocycles. The van der Waals surface area contributed by atoms with Crippen molar-refractivity contribution in [1.29, 1.82) is 0 Å². The highest BCUT2D eigenvalue weighted by molar-refractivity contribution is 9.10. The van der Waals surface area contributed by atoms with E-state index >= 15 is 0 Å². The summed E-state index contributed by atoms with van der Waals surface area (Å²) in [6, 6.07) is 5.44. The van der Waals surface area contributed by atoms with Gasteiger partial charge in [-0.15, -0.1) is 0 Å². The van der Waals surface area contributed by atoms with Gasteiger partial charge in [0.1, 0.15) is 0 Å². The Morgan fingerprint density at radius 3 is 2.94 bits per heavy atom. The van der Waals surface area contributed by atoms with Crippen LogP contribution in [0.1, 0.15) is 0 Å². The Balaban J connectivity index is 2.21. The predicted molar refractivity (Wildman–Crippen MR) is 62.1 cm³/mol. The third-order valence-corrected chi connectivity index (χ3v) is 2.68. The molecule has 0 fully saturated rings. The maximum atomic E-state index is 11.0. The number of nitrogens with one attached hydrogen (secondary N) is 2. The van der Waals surface area contributed by atoms with E-state index in [0.29, 0.717) is 15.8 Å². The number of H-pyrrole nitrogens is 2. The average molecular weight is 280 g/mol. The van der Waals surface area contributed by atoms with E-state index in [2.05, 4.69) is 30.9 Å². The molecule has 0 saturated carbocycles. The van der Waals surface area contributed by atoms with E-state index in [1.807, 2.05) is 12.1 Å². The fourth-order valence-corrected chi connectivity index (χ4v) is 1.88. The molecule has 3 aromatic rings. The van der Waals surface area contributed by atoms with Gasteiger partial charge in [-0.25, -0.2) is 9.78 Å². The van der Waals surface area contributed by atoms with Crippen LogP contribution in [-0.4, -0.2) is 15.0 Å². The number of aromatic nitrogens is 3. The Hall–Kier alpha value is -1.82. The zero-order valence-electron chi connectivity index (χ0n) is 7.95. The number of aromatic amines is 2. The summed E-state index contributed by atoms with van der Waals surface area (Å²) in [7, 11) is 0. The van der Waals surface area contributed by atoms with E-state index in [0.717, 1.165) is 11.3 Å². The summed E-state index contributed by atoms with van der Waals surface area (Å²) in [5, 5.41) is 0. The summed E-state index contributed by atoms with van der Waals surface area (Å²) < 4.78 is 5.59. The second kappa shape index (κ2) is 3.34. The van der Waals surface area contributed by atoms with Crippen molar-refractivity contribution in [2.45, 2.75) is 0 Å². The minimum Gasteiger partial charge on any atom is -0.408 e. The van der Waals surface area contributed by atoms with Gasteiger partial charge in [0.2, 0.25) is 0 Å². The van der Waals surface area contributed by atoms with Gasteiger partial charge in [0, 0.05) is 5.56 Å². The molecule has 2 heterocycles. The molecule has 0 bridgehead atoms. The lowest BCUT2D eigenvalue weighted by Gasteiger charge is -1.95. The number of nitrogens with zero attached hydrogens (tertiary/aromatic N) is 1. The summed E-state index contributed by atoms with van der Waals surface area (Å²) in [5.74, 6) is -0.446. The number of benzene rings is 1. The molecule has 6 heteroatoms. The molecule has 0 atom stereocenters. The molecule has 0 radical (unpaired) electrons. The Morgan fingerprint density at radius 2 is 2.19 bits per heavy atom. The van der Waals surface area contributed by atoms with Gasteiger partial charge in [-0.3, -0.25) is 4.98 Å². The van der Waals surface area contributed by atoms with Crippen LogP contribution in [0.25, 0.3) is 22.4 Å². The van der Waals surface area contributed by atoms with Crippen molar-refractivity contribution in [2.75, 3.05) is 0 Å². The molecule has 16 heavy (non-hydrogen) atoms. The van der Waals surface area contributed by atoms with E-state index in [-0.39, 0.29) is 0 Å². The lowest BCUT2D eigenvalue weighted by atomic mass is 10.1. The topological polar surface area (TPSA) is 74.7 Å². The number of oxazole rings is 1. The Morgan fingerprint density at radius 1 is 1.31 bits per heavy atom. The Bertz CT molecular complexity index is 710. The highest BCUT2D eigenvalue weighted by Gasteiger charge is 2.05. The molecule has 5 nitrogen and oxygen atoms in total. The number of rotatable bonds is 1. The third kappa shape index (κ3) is 1.47. The van der Waals surface area contributed by atoms with Crippen molar-refractivity contribution < 1.29 is 4.42 Å². The SMILES string of the molecule is O=c1[nH]c2cc(-c3cnc(Br)[nH]3)ccc2o1. The Labute approximate surface area is 97.6 Å². The number of hydrogen-bond acceptors (Lipinski definition) is 3. The van der Waals surface area contributed by atoms with Gasteiger partial charge in [0.05, 0.1) is 17.4 Å². The lowest BCUT2D eigenvalue weighted by Crippen LogP contribution is -1.92. The van der Waals surface area contributed by atoms with Crippen LogP contribution in [0.2, 0.25) is 0 Å². The molecule has 80 valence electrons. The first-order chi connectivity index (χ1) is 7.72. The van der Waals surface area contributed by atoms with Crippen molar-refractivity contribution in [3.05, 3.63) is 39.7 Å². The van der Waals surface area contributed by atoms with Gasteiger partial charge >= 0.3 is 5.76 Å². The van der Waals surface area contributed by atoms with Crippen molar-refractivity contribution in [3.63, 3.8) is 0 Å². The monoisotopic (exact) mass is 279 g/mol. The quantitative estimate of drug-likeness (QED) is 0.718. The van der Waals surface area contributed by atoms with Crippen LogP contribution in [0, 0.1) is 0 Å². The first kappa shape index (κ1) is 9.41. The summed E-state index contributed by atoms with van der Waals surface area (Å²) in [4.78, 5) is 20.7. The molecule has 3 rings (SSSR count). The largest absolute Gasteiger partial charge is 0.417 e. The number of hydrogen-bond donors (Lipinski definition) is 2. The molecule has 0 amide bonds. The molecule has 1 aromatic carbocycles. The van der Waals surface area contributed by atoms with E-state index in [9.17, 15) is 4.79 Å². The normalized spacial score (nSPS) is 11.1. The van der Waals surface area contributed by atoms with E-state index in [4.69, 9.17) is 4.42 Å². The third-order valence-electron chi connectivity index (χ3n) is 2.27. The highest BCUT2D eigenvalue weighted by Crippen LogP contribution is 2.22. The fourth-order valence-electron chi connectivity index (χ4n) is 1.56. The number of imidazole rings is 1. The van der Waals surface area contributed by atoms with E-state index < -0.39 is 5.76 Å².